The minimum atomic E-state index is 0.665. The summed E-state index contributed by atoms with van der Waals surface area (Å²) in [6.07, 6.45) is 13.4. The van der Waals surface area contributed by atoms with Gasteiger partial charge in [0.25, 0.3) is 0 Å². The molecule has 0 saturated heterocycles. The number of H-pyrrole nitrogens is 2. The fraction of sp³-hybridized carbons (Fsp3) is 0.179. The number of imidazole rings is 1. The summed E-state index contributed by atoms with van der Waals surface area (Å²) in [7, 11) is 4.09. The fourth-order valence-corrected chi connectivity index (χ4v) is 4.17. The predicted molar refractivity (Wildman–Crippen MR) is 143 cm³/mol. The molecule has 0 radical (unpaired) electrons. The Morgan fingerprint density at radius 1 is 1.03 bits per heavy atom. The van der Waals surface area contributed by atoms with Crippen molar-refractivity contribution in [1.29, 1.82) is 0 Å². The topological polar surface area (TPSA) is 99.3 Å². The fourth-order valence-electron chi connectivity index (χ4n) is 4.17. The highest BCUT2D eigenvalue weighted by molar-refractivity contribution is 5.90. The Morgan fingerprint density at radius 3 is 2.64 bits per heavy atom. The number of aryl methyl sites for hydroxylation is 1. The summed E-state index contributed by atoms with van der Waals surface area (Å²) in [5.41, 5.74) is 9.09. The molecule has 5 rings (SSSR count). The van der Waals surface area contributed by atoms with E-state index in [-0.39, 0.29) is 0 Å². The van der Waals surface area contributed by atoms with E-state index in [2.05, 4.69) is 42.2 Å². The predicted octanol–water partition coefficient (Wildman–Crippen LogP) is 5.18. The van der Waals surface area contributed by atoms with Crippen molar-refractivity contribution in [3.63, 3.8) is 0 Å². The maximum atomic E-state index is 4.96. The first kappa shape index (κ1) is 23.3. The van der Waals surface area contributed by atoms with Gasteiger partial charge in [0.2, 0.25) is 0 Å². The van der Waals surface area contributed by atoms with Crippen molar-refractivity contribution >= 4 is 16.6 Å². The normalized spacial score (nSPS) is 12.3. The van der Waals surface area contributed by atoms with Crippen LogP contribution in [0.25, 0.3) is 39.4 Å². The van der Waals surface area contributed by atoms with E-state index < -0.39 is 0 Å². The van der Waals surface area contributed by atoms with Crippen molar-refractivity contribution in [2.45, 2.75) is 20.4 Å². The summed E-state index contributed by atoms with van der Waals surface area (Å²) in [5, 5.41) is 7.66. The lowest BCUT2D eigenvalue weighted by Crippen LogP contribution is -2.10. The van der Waals surface area contributed by atoms with Gasteiger partial charge >= 0.3 is 0 Å². The van der Waals surface area contributed by atoms with E-state index in [0.29, 0.717) is 11.5 Å². The zero-order valence-electron chi connectivity index (χ0n) is 20.8. The maximum Gasteiger partial charge on any atom is 0.161 e. The first-order valence-electron chi connectivity index (χ1n) is 11.8. The van der Waals surface area contributed by atoms with Gasteiger partial charge in [0, 0.05) is 48.2 Å². The van der Waals surface area contributed by atoms with E-state index in [0.717, 1.165) is 56.9 Å². The number of rotatable bonds is 7. The van der Waals surface area contributed by atoms with Gasteiger partial charge in [0.1, 0.15) is 5.52 Å². The number of nitrogens with zero attached hydrogens (tertiary/aromatic N) is 6. The van der Waals surface area contributed by atoms with Crippen LogP contribution in [0, 0.1) is 6.92 Å². The molecule has 180 valence electrons. The van der Waals surface area contributed by atoms with Crippen LogP contribution >= 0.6 is 0 Å². The highest BCUT2D eigenvalue weighted by Gasteiger charge is 2.19. The van der Waals surface area contributed by atoms with Crippen LogP contribution in [0.15, 0.2) is 73.3 Å². The molecule has 5 heterocycles. The van der Waals surface area contributed by atoms with E-state index in [1.807, 2.05) is 76.8 Å². The largest absolute Gasteiger partial charge is 0.340 e. The van der Waals surface area contributed by atoms with Gasteiger partial charge < -0.3 is 9.88 Å². The Morgan fingerprint density at radius 2 is 1.86 bits per heavy atom. The number of nitrogens with one attached hydrogen (secondary N) is 2. The summed E-state index contributed by atoms with van der Waals surface area (Å²) >= 11 is 0. The molecule has 0 amide bonds. The van der Waals surface area contributed by atoms with Gasteiger partial charge in [-0.15, -0.1) is 0 Å². The molecule has 8 nitrogen and oxygen atoms in total. The molecule has 0 atom stereocenters. The summed E-state index contributed by atoms with van der Waals surface area (Å²) in [5.74, 6) is 0.665. The summed E-state index contributed by atoms with van der Waals surface area (Å²) in [6, 6.07) is 10.1. The molecule has 2 N–H and O–H groups in total. The van der Waals surface area contributed by atoms with Crippen LogP contribution in [-0.4, -0.2) is 54.1 Å². The third-order valence-corrected chi connectivity index (χ3v) is 5.81. The summed E-state index contributed by atoms with van der Waals surface area (Å²) in [6.45, 7) is 4.83. The molecule has 0 unspecified atom stereocenters. The molecule has 0 saturated carbocycles. The molecule has 36 heavy (non-hydrogen) atoms. The molecule has 5 aromatic rings. The van der Waals surface area contributed by atoms with Crippen molar-refractivity contribution in [1.82, 2.24) is 40.0 Å². The first-order valence-corrected chi connectivity index (χ1v) is 11.8. The Labute approximate surface area is 209 Å². The zero-order valence-corrected chi connectivity index (χ0v) is 20.8. The van der Waals surface area contributed by atoms with Crippen molar-refractivity contribution in [2.24, 2.45) is 0 Å². The Balaban J connectivity index is 1.57. The first-order chi connectivity index (χ1) is 17.5. The Hall–Kier alpha value is -4.43. The average Bonchev–Trinajstić information content (AvgIpc) is 3.47. The molecule has 8 heteroatoms. The molecule has 0 aliphatic rings. The average molecular weight is 477 g/mol. The van der Waals surface area contributed by atoms with Gasteiger partial charge in [-0.2, -0.15) is 5.10 Å². The number of aromatic nitrogens is 7. The van der Waals surface area contributed by atoms with Crippen LogP contribution in [0.2, 0.25) is 0 Å². The molecular weight excluding hydrogens is 448 g/mol. The van der Waals surface area contributed by atoms with Crippen LogP contribution < -0.4 is 0 Å². The maximum absolute atomic E-state index is 4.96. The minimum Gasteiger partial charge on any atom is -0.340 e. The highest BCUT2D eigenvalue weighted by Crippen LogP contribution is 2.30. The molecular formula is C28H28N8. The van der Waals surface area contributed by atoms with Gasteiger partial charge in [0.05, 0.1) is 16.9 Å². The number of hydrogen-bond acceptors (Lipinski definition) is 6. The third kappa shape index (κ3) is 4.71. The van der Waals surface area contributed by atoms with Gasteiger partial charge in [-0.25, -0.2) is 9.97 Å². The number of aromatic amines is 2. The van der Waals surface area contributed by atoms with Crippen LogP contribution in [0.1, 0.15) is 29.4 Å². The smallest absolute Gasteiger partial charge is 0.161 e. The second kappa shape index (κ2) is 10.1. The molecule has 0 fully saturated rings. The van der Waals surface area contributed by atoms with E-state index in [9.17, 15) is 0 Å². The minimum absolute atomic E-state index is 0.665. The molecule has 0 bridgehead atoms. The van der Waals surface area contributed by atoms with Crippen LogP contribution in [0.4, 0.5) is 0 Å². The lowest BCUT2D eigenvalue weighted by atomic mass is 10.0. The number of hydrogen-bond donors (Lipinski definition) is 2. The Bertz CT molecular complexity index is 1560. The molecule has 0 aromatic carbocycles. The SMILES string of the molecule is C/C=C\C=C(\c1ccncc1)c1nc(-c2n[nH]c3ccc(-c4cncc(CN(C)C)c4)nc23)[nH]c1C. The van der Waals surface area contributed by atoms with E-state index >= 15 is 0 Å². The van der Waals surface area contributed by atoms with Crippen LogP contribution in [0.5, 0.6) is 0 Å². The van der Waals surface area contributed by atoms with E-state index in [1.165, 1.54) is 0 Å². The van der Waals surface area contributed by atoms with Gasteiger partial charge in [-0.1, -0.05) is 18.2 Å². The summed E-state index contributed by atoms with van der Waals surface area (Å²) < 4.78 is 0. The molecule has 5 aromatic heterocycles. The second-order valence-electron chi connectivity index (χ2n) is 8.89. The second-order valence-corrected chi connectivity index (χ2v) is 8.89. The lowest BCUT2D eigenvalue weighted by Gasteiger charge is -2.10. The van der Waals surface area contributed by atoms with Crippen molar-refractivity contribution in [3.05, 3.63) is 95.9 Å². The quantitative estimate of drug-likeness (QED) is 0.314. The molecule has 0 spiro atoms. The van der Waals surface area contributed by atoms with E-state index in [4.69, 9.17) is 9.97 Å². The van der Waals surface area contributed by atoms with Gasteiger partial charge in [-0.3, -0.25) is 15.1 Å². The van der Waals surface area contributed by atoms with Gasteiger partial charge in [-0.05, 0) is 69.4 Å². The van der Waals surface area contributed by atoms with Crippen molar-refractivity contribution < 1.29 is 0 Å². The molecule has 0 aliphatic heterocycles. The van der Waals surface area contributed by atoms with Crippen LogP contribution in [-0.2, 0) is 6.54 Å². The zero-order chi connectivity index (χ0) is 25.1. The monoisotopic (exact) mass is 476 g/mol. The number of pyridine rings is 3. The van der Waals surface area contributed by atoms with E-state index in [1.54, 1.807) is 12.4 Å². The third-order valence-electron chi connectivity index (χ3n) is 5.81. The standard InChI is InChI=1S/C28H28N8/c1-5-6-7-22(20-10-12-29-13-11-20)25-18(2)31-28(33-25)27-26-24(34-35-27)9-8-23(32-26)21-14-19(15-30-16-21)17-36(3)4/h5-16H,17H2,1-4H3,(H,31,33)(H,34,35)/b6-5-,22-7-. The summed E-state index contributed by atoms with van der Waals surface area (Å²) in [4.78, 5) is 24.0. The highest BCUT2D eigenvalue weighted by atomic mass is 15.2. The number of allylic oxidation sites excluding steroid dienone is 3. The number of fused-ring (bicyclic) bond motifs is 1. The van der Waals surface area contributed by atoms with Gasteiger partial charge in [0.15, 0.2) is 11.5 Å². The van der Waals surface area contributed by atoms with Crippen molar-refractivity contribution in [2.75, 3.05) is 14.1 Å². The van der Waals surface area contributed by atoms with Crippen molar-refractivity contribution in [3.8, 4) is 22.8 Å². The molecule has 0 aliphatic carbocycles. The van der Waals surface area contributed by atoms with Crippen LogP contribution in [0.3, 0.4) is 0 Å². The Kier molecular flexibility index (Phi) is 6.51. The lowest BCUT2D eigenvalue weighted by molar-refractivity contribution is 0.402.